The molecule has 0 spiro atoms. The molecule has 0 amide bonds. The summed E-state index contributed by atoms with van der Waals surface area (Å²) in [6.07, 6.45) is -0.0936. The van der Waals surface area contributed by atoms with Crippen LogP contribution in [0.4, 0.5) is 0 Å². The molecule has 30 heavy (non-hydrogen) atoms. The van der Waals surface area contributed by atoms with Crippen LogP contribution in [0, 0.1) is 19.8 Å². The Hall–Kier alpha value is -3.23. The largest absolute Gasteiger partial charge is 0.508 e. The quantitative estimate of drug-likeness (QED) is 0.439. The number of aliphatic hydroxyl groups is 2. The number of ketones is 3. The lowest BCUT2D eigenvalue weighted by molar-refractivity contribution is -0.127. The van der Waals surface area contributed by atoms with Crippen molar-refractivity contribution in [2.24, 2.45) is 11.7 Å². The van der Waals surface area contributed by atoms with Crippen molar-refractivity contribution in [3.05, 3.63) is 45.7 Å². The van der Waals surface area contributed by atoms with Crippen molar-refractivity contribution in [3.63, 3.8) is 0 Å². The number of aryl methyl sites for hydroxylation is 2. The number of phenolic OH excluding ortho intramolecular Hbond substituents is 2. The summed E-state index contributed by atoms with van der Waals surface area (Å²) < 4.78 is 0. The van der Waals surface area contributed by atoms with Gasteiger partial charge in [-0.3, -0.25) is 14.4 Å². The van der Waals surface area contributed by atoms with Crippen LogP contribution in [0.15, 0.2) is 23.5 Å². The topological polar surface area (TPSA) is 158 Å². The van der Waals surface area contributed by atoms with Gasteiger partial charge >= 0.3 is 0 Å². The van der Waals surface area contributed by atoms with Crippen molar-refractivity contribution in [2.45, 2.75) is 38.8 Å². The van der Waals surface area contributed by atoms with E-state index in [1.54, 1.807) is 26.0 Å². The molecule has 156 valence electrons. The van der Waals surface area contributed by atoms with E-state index < -0.39 is 52.0 Å². The summed E-state index contributed by atoms with van der Waals surface area (Å²) in [6, 6.07) is 1.97. The van der Waals surface area contributed by atoms with Gasteiger partial charge in [0, 0.05) is 5.92 Å². The molecule has 0 heterocycles. The van der Waals surface area contributed by atoms with E-state index in [0.29, 0.717) is 22.1 Å². The van der Waals surface area contributed by atoms with Crippen LogP contribution >= 0.6 is 0 Å². The fourth-order valence-electron chi connectivity index (χ4n) is 4.76. The number of hydrogen-bond acceptors (Lipinski definition) is 8. The Bertz CT molecular complexity index is 1230. The maximum absolute atomic E-state index is 13.5. The third-order valence-corrected chi connectivity index (χ3v) is 6.48. The van der Waals surface area contributed by atoms with Crippen molar-refractivity contribution in [2.75, 3.05) is 0 Å². The number of aromatic hydroxyl groups is 2. The van der Waals surface area contributed by atoms with Gasteiger partial charge in [0.2, 0.25) is 5.78 Å². The van der Waals surface area contributed by atoms with Gasteiger partial charge in [-0.05, 0) is 49.3 Å². The van der Waals surface area contributed by atoms with Crippen molar-refractivity contribution in [1.29, 1.82) is 0 Å². The minimum absolute atomic E-state index is 0.0492. The van der Waals surface area contributed by atoms with Crippen molar-refractivity contribution in [1.82, 2.24) is 0 Å². The zero-order valence-corrected chi connectivity index (χ0v) is 16.6. The SMILES string of the molecule is CC(=O)C1=C(O)C2(O)C(=O)c3c(c(C)c4ccc(C)c(O)c4c3O)CC2C(N)C1=O. The zero-order chi connectivity index (χ0) is 22.3. The Kier molecular flexibility index (Phi) is 4.10. The molecular weight excluding hydrogens is 390 g/mol. The second kappa shape index (κ2) is 6.13. The maximum atomic E-state index is 13.5. The average molecular weight is 411 g/mol. The molecule has 0 aliphatic heterocycles. The Balaban J connectivity index is 2.11. The van der Waals surface area contributed by atoms with Crippen LogP contribution in [0.3, 0.4) is 0 Å². The van der Waals surface area contributed by atoms with Crippen LogP contribution in [-0.4, -0.2) is 49.4 Å². The number of Topliss-reactive ketones (excluding diaryl/α,β-unsaturated/α-hetero) is 3. The molecule has 3 unspecified atom stereocenters. The van der Waals surface area contributed by atoms with Gasteiger partial charge in [0.25, 0.3) is 0 Å². The molecule has 2 aromatic carbocycles. The number of hydrogen-bond donors (Lipinski definition) is 5. The minimum atomic E-state index is -2.64. The Morgan fingerprint density at radius 1 is 1.13 bits per heavy atom. The first-order chi connectivity index (χ1) is 13.9. The van der Waals surface area contributed by atoms with E-state index in [4.69, 9.17) is 5.73 Å². The van der Waals surface area contributed by atoms with Gasteiger partial charge in [-0.25, -0.2) is 0 Å². The Morgan fingerprint density at radius 3 is 2.37 bits per heavy atom. The highest BCUT2D eigenvalue weighted by atomic mass is 16.3. The molecule has 0 saturated carbocycles. The molecule has 4 rings (SSSR count). The summed E-state index contributed by atoms with van der Waals surface area (Å²) in [6.45, 7) is 4.35. The molecule has 2 aromatic rings. The molecule has 2 aliphatic carbocycles. The molecule has 0 radical (unpaired) electrons. The number of fused-ring (bicyclic) bond motifs is 3. The van der Waals surface area contributed by atoms with Crippen LogP contribution in [-0.2, 0) is 16.0 Å². The fourth-order valence-corrected chi connectivity index (χ4v) is 4.76. The molecule has 0 aromatic heterocycles. The Labute approximate surface area is 171 Å². The van der Waals surface area contributed by atoms with Gasteiger partial charge in [0.05, 0.1) is 17.0 Å². The van der Waals surface area contributed by atoms with Crippen molar-refractivity contribution in [3.8, 4) is 11.5 Å². The minimum Gasteiger partial charge on any atom is -0.508 e. The van der Waals surface area contributed by atoms with Gasteiger partial charge in [-0.15, -0.1) is 0 Å². The number of carbonyl (C=O) groups is 3. The Morgan fingerprint density at radius 2 is 1.77 bits per heavy atom. The van der Waals surface area contributed by atoms with Crippen LogP contribution in [0.5, 0.6) is 11.5 Å². The van der Waals surface area contributed by atoms with Crippen LogP contribution in [0.1, 0.15) is 34.0 Å². The van der Waals surface area contributed by atoms with E-state index in [0.717, 1.165) is 6.92 Å². The fraction of sp³-hybridized carbons (Fsp3) is 0.318. The lowest BCUT2D eigenvalue weighted by Gasteiger charge is -2.45. The number of aliphatic hydroxyl groups excluding tert-OH is 1. The van der Waals surface area contributed by atoms with Gasteiger partial charge < -0.3 is 26.2 Å². The molecule has 0 saturated heterocycles. The van der Waals surface area contributed by atoms with Gasteiger partial charge in [0.15, 0.2) is 17.2 Å². The summed E-state index contributed by atoms with van der Waals surface area (Å²) in [5.41, 5.74) is 3.80. The first-order valence-electron chi connectivity index (χ1n) is 9.42. The summed E-state index contributed by atoms with van der Waals surface area (Å²) in [4.78, 5) is 37.9. The summed E-state index contributed by atoms with van der Waals surface area (Å²) in [5, 5.41) is 43.9. The number of benzene rings is 2. The lowest BCUT2D eigenvalue weighted by atomic mass is 9.61. The van der Waals surface area contributed by atoms with E-state index in [1.807, 2.05) is 0 Å². The van der Waals surface area contributed by atoms with Crippen LogP contribution < -0.4 is 5.73 Å². The van der Waals surface area contributed by atoms with Crippen molar-refractivity contribution < 1.29 is 34.8 Å². The predicted molar refractivity (Wildman–Crippen MR) is 107 cm³/mol. The molecular formula is C22H21NO7. The lowest BCUT2D eigenvalue weighted by Crippen LogP contribution is -2.63. The highest BCUT2D eigenvalue weighted by molar-refractivity contribution is 6.25. The number of carbonyl (C=O) groups excluding carboxylic acids is 3. The molecule has 8 heteroatoms. The zero-order valence-electron chi connectivity index (χ0n) is 16.6. The molecule has 0 fully saturated rings. The summed E-state index contributed by atoms with van der Waals surface area (Å²) in [5.74, 6) is -5.76. The summed E-state index contributed by atoms with van der Waals surface area (Å²) >= 11 is 0. The first kappa shape index (κ1) is 20.1. The maximum Gasteiger partial charge on any atom is 0.206 e. The first-order valence-corrected chi connectivity index (χ1v) is 9.42. The highest BCUT2D eigenvalue weighted by Crippen LogP contribution is 2.50. The third kappa shape index (κ3) is 2.20. The van der Waals surface area contributed by atoms with Crippen LogP contribution in [0.2, 0.25) is 0 Å². The monoisotopic (exact) mass is 411 g/mol. The van der Waals surface area contributed by atoms with Crippen molar-refractivity contribution >= 4 is 28.1 Å². The van der Waals surface area contributed by atoms with Gasteiger partial charge in [0.1, 0.15) is 22.8 Å². The predicted octanol–water partition coefficient (Wildman–Crippen LogP) is 1.27. The smallest absolute Gasteiger partial charge is 0.206 e. The normalized spacial score (nSPS) is 26.0. The van der Waals surface area contributed by atoms with E-state index >= 15 is 0 Å². The summed E-state index contributed by atoms with van der Waals surface area (Å²) in [7, 11) is 0. The average Bonchev–Trinajstić information content (AvgIpc) is 2.68. The molecule has 3 atom stereocenters. The standard InChI is InChI=1S/C22H21NO7/c1-7-4-5-10-8(2)11-6-12-16(23)19(27)13(9(3)24)20(28)22(12,30)21(29)15(11)18(26)14(10)17(7)25/h4-5,12,16,25-26,28,30H,6,23H2,1-3H3. The molecule has 6 N–H and O–H groups in total. The number of rotatable bonds is 1. The van der Waals surface area contributed by atoms with Crippen LogP contribution in [0.25, 0.3) is 10.8 Å². The van der Waals surface area contributed by atoms with E-state index in [2.05, 4.69) is 0 Å². The van der Waals surface area contributed by atoms with E-state index in [-0.39, 0.29) is 23.1 Å². The molecule has 8 nitrogen and oxygen atoms in total. The van der Waals surface area contributed by atoms with Gasteiger partial charge in [-0.1, -0.05) is 12.1 Å². The molecule has 2 aliphatic rings. The van der Waals surface area contributed by atoms with Gasteiger partial charge in [-0.2, -0.15) is 0 Å². The molecule has 0 bridgehead atoms. The van der Waals surface area contributed by atoms with E-state index in [1.165, 1.54) is 0 Å². The number of phenols is 2. The highest BCUT2D eigenvalue weighted by Gasteiger charge is 2.60. The van der Waals surface area contributed by atoms with E-state index in [9.17, 15) is 34.8 Å². The second-order valence-corrected chi connectivity index (χ2v) is 8.06. The second-order valence-electron chi connectivity index (χ2n) is 8.06. The third-order valence-electron chi connectivity index (χ3n) is 6.48. The number of nitrogens with two attached hydrogens (primary N) is 1.